The summed E-state index contributed by atoms with van der Waals surface area (Å²) in [6.45, 7) is 5.66. The molecular weight excluding hydrogens is 278 g/mol. The first-order valence-corrected chi connectivity index (χ1v) is 8.24. The maximum Gasteiger partial charge on any atom is 0.326 e. The molecule has 0 aliphatic heterocycles. The third-order valence-electron chi connectivity index (χ3n) is 3.07. The molecule has 0 aromatic carbocycles. The van der Waals surface area contributed by atoms with Crippen LogP contribution in [0.2, 0.25) is 0 Å². The SMILES string of the molecule is CSCCC(NC(=O)NCCCN(C)C(C)C)C(=O)O. The van der Waals surface area contributed by atoms with Crippen molar-refractivity contribution in [3.8, 4) is 0 Å². The topological polar surface area (TPSA) is 81.7 Å². The van der Waals surface area contributed by atoms with Gasteiger partial charge in [0.15, 0.2) is 0 Å². The van der Waals surface area contributed by atoms with E-state index in [1.807, 2.05) is 13.3 Å². The fourth-order valence-corrected chi connectivity index (χ4v) is 1.96. The summed E-state index contributed by atoms with van der Waals surface area (Å²) in [5.74, 6) is -0.287. The summed E-state index contributed by atoms with van der Waals surface area (Å²) in [5.41, 5.74) is 0. The normalized spacial score (nSPS) is 12.5. The van der Waals surface area contributed by atoms with Crippen molar-refractivity contribution in [2.75, 3.05) is 32.1 Å². The summed E-state index contributed by atoms with van der Waals surface area (Å²) in [5, 5.41) is 14.2. The molecule has 20 heavy (non-hydrogen) atoms. The molecule has 0 radical (unpaired) electrons. The number of carboxylic acids is 1. The van der Waals surface area contributed by atoms with Crippen molar-refractivity contribution < 1.29 is 14.7 Å². The summed E-state index contributed by atoms with van der Waals surface area (Å²) < 4.78 is 0. The summed E-state index contributed by atoms with van der Waals surface area (Å²) in [7, 11) is 2.04. The van der Waals surface area contributed by atoms with E-state index in [2.05, 4.69) is 29.4 Å². The lowest BCUT2D eigenvalue weighted by molar-refractivity contribution is -0.139. The van der Waals surface area contributed by atoms with Crippen LogP contribution in [-0.4, -0.2) is 66.2 Å². The fourth-order valence-electron chi connectivity index (χ4n) is 1.49. The standard InChI is InChI=1S/C13H27N3O3S/c1-10(2)16(3)8-5-7-14-13(19)15-11(12(17)18)6-9-20-4/h10-11H,5-9H2,1-4H3,(H,17,18)(H2,14,15,19). The predicted octanol–water partition coefficient (Wildman–Crippen LogP) is 1.22. The van der Waals surface area contributed by atoms with Gasteiger partial charge in [0.2, 0.25) is 0 Å². The quantitative estimate of drug-likeness (QED) is 0.529. The van der Waals surface area contributed by atoms with Crippen LogP contribution in [0.5, 0.6) is 0 Å². The molecule has 0 aliphatic carbocycles. The van der Waals surface area contributed by atoms with Gasteiger partial charge in [0, 0.05) is 12.6 Å². The Bertz CT molecular complexity index is 301. The van der Waals surface area contributed by atoms with Gasteiger partial charge in [0.25, 0.3) is 0 Å². The van der Waals surface area contributed by atoms with Crippen LogP contribution in [0.15, 0.2) is 0 Å². The first-order valence-electron chi connectivity index (χ1n) is 6.84. The molecule has 0 heterocycles. The molecule has 0 saturated heterocycles. The Hall–Kier alpha value is -0.950. The number of urea groups is 1. The van der Waals surface area contributed by atoms with Gasteiger partial charge < -0.3 is 20.6 Å². The molecular formula is C13H27N3O3S. The molecule has 7 heteroatoms. The van der Waals surface area contributed by atoms with Gasteiger partial charge in [-0.1, -0.05) is 0 Å². The van der Waals surface area contributed by atoms with E-state index >= 15 is 0 Å². The van der Waals surface area contributed by atoms with E-state index in [-0.39, 0.29) is 0 Å². The second-order valence-electron chi connectivity index (χ2n) is 5.00. The molecule has 2 amide bonds. The Morgan fingerprint density at radius 2 is 2.00 bits per heavy atom. The van der Waals surface area contributed by atoms with Crippen LogP contribution < -0.4 is 10.6 Å². The maximum atomic E-state index is 11.6. The summed E-state index contributed by atoms with van der Waals surface area (Å²) in [6.07, 6.45) is 3.18. The number of amides is 2. The second kappa shape index (κ2) is 10.8. The highest BCUT2D eigenvalue weighted by Crippen LogP contribution is 2.01. The number of rotatable bonds is 10. The van der Waals surface area contributed by atoms with Crippen LogP contribution >= 0.6 is 11.8 Å². The number of carboxylic acid groups (broad SMARTS) is 1. The molecule has 0 aromatic heterocycles. The van der Waals surface area contributed by atoms with Crippen molar-refractivity contribution in [1.29, 1.82) is 0 Å². The predicted molar refractivity (Wildman–Crippen MR) is 83.3 cm³/mol. The van der Waals surface area contributed by atoms with Crippen LogP contribution in [-0.2, 0) is 4.79 Å². The average molecular weight is 305 g/mol. The van der Waals surface area contributed by atoms with E-state index < -0.39 is 18.0 Å². The van der Waals surface area contributed by atoms with Crippen LogP contribution in [0.4, 0.5) is 4.79 Å². The van der Waals surface area contributed by atoms with Gasteiger partial charge >= 0.3 is 12.0 Å². The van der Waals surface area contributed by atoms with Gasteiger partial charge in [-0.15, -0.1) is 0 Å². The largest absolute Gasteiger partial charge is 0.480 e. The molecule has 0 spiro atoms. The zero-order valence-corrected chi connectivity index (χ0v) is 13.6. The minimum absolute atomic E-state index is 0.411. The number of thioether (sulfide) groups is 1. The molecule has 118 valence electrons. The Morgan fingerprint density at radius 3 is 2.50 bits per heavy atom. The number of carbonyl (C=O) groups excluding carboxylic acids is 1. The van der Waals surface area contributed by atoms with Crippen molar-refractivity contribution in [3.05, 3.63) is 0 Å². The minimum Gasteiger partial charge on any atom is -0.480 e. The van der Waals surface area contributed by atoms with E-state index in [0.29, 0.717) is 24.8 Å². The first kappa shape index (κ1) is 19.1. The van der Waals surface area contributed by atoms with Gasteiger partial charge in [0.05, 0.1) is 0 Å². The third-order valence-corrected chi connectivity index (χ3v) is 3.71. The monoisotopic (exact) mass is 305 g/mol. The smallest absolute Gasteiger partial charge is 0.326 e. The van der Waals surface area contributed by atoms with Crippen molar-refractivity contribution in [1.82, 2.24) is 15.5 Å². The van der Waals surface area contributed by atoms with Gasteiger partial charge in [-0.05, 0) is 52.3 Å². The highest BCUT2D eigenvalue weighted by atomic mass is 32.2. The Labute approximate surface area is 125 Å². The number of hydrogen-bond acceptors (Lipinski definition) is 4. The Morgan fingerprint density at radius 1 is 1.35 bits per heavy atom. The molecule has 0 bridgehead atoms. The van der Waals surface area contributed by atoms with Crippen molar-refractivity contribution >= 4 is 23.8 Å². The van der Waals surface area contributed by atoms with Crippen LogP contribution in [0, 0.1) is 0 Å². The molecule has 0 aromatic rings. The highest BCUT2D eigenvalue weighted by molar-refractivity contribution is 7.98. The van der Waals surface area contributed by atoms with Crippen LogP contribution in [0.1, 0.15) is 26.7 Å². The summed E-state index contributed by atoms with van der Waals surface area (Å²) in [4.78, 5) is 24.8. The highest BCUT2D eigenvalue weighted by Gasteiger charge is 2.18. The zero-order chi connectivity index (χ0) is 15.5. The number of carbonyl (C=O) groups is 2. The van der Waals surface area contributed by atoms with E-state index in [9.17, 15) is 9.59 Å². The number of hydrogen-bond donors (Lipinski definition) is 3. The maximum absolute atomic E-state index is 11.6. The van der Waals surface area contributed by atoms with Crippen LogP contribution in [0.25, 0.3) is 0 Å². The Balaban J connectivity index is 3.88. The van der Waals surface area contributed by atoms with E-state index in [1.54, 1.807) is 11.8 Å². The zero-order valence-electron chi connectivity index (χ0n) is 12.8. The number of nitrogens with one attached hydrogen (secondary N) is 2. The molecule has 0 saturated carbocycles. The lowest BCUT2D eigenvalue weighted by Gasteiger charge is -2.21. The molecule has 1 atom stereocenters. The number of nitrogens with zero attached hydrogens (tertiary/aromatic N) is 1. The van der Waals surface area contributed by atoms with Crippen molar-refractivity contribution in [2.24, 2.45) is 0 Å². The van der Waals surface area contributed by atoms with Gasteiger partial charge in [0.1, 0.15) is 6.04 Å². The molecule has 0 fully saturated rings. The molecule has 0 aliphatic rings. The van der Waals surface area contributed by atoms with E-state index in [1.165, 1.54) is 0 Å². The summed E-state index contributed by atoms with van der Waals surface area (Å²) >= 11 is 1.56. The molecule has 6 nitrogen and oxygen atoms in total. The van der Waals surface area contributed by atoms with Gasteiger partial charge in [-0.25, -0.2) is 9.59 Å². The second-order valence-corrected chi connectivity index (χ2v) is 5.99. The fraction of sp³-hybridized carbons (Fsp3) is 0.846. The minimum atomic E-state index is -0.992. The third kappa shape index (κ3) is 9.03. The van der Waals surface area contributed by atoms with E-state index in [4.69, 9.17) is 5.11 Å². The lowest BCUT2D eigenvalue weighted by atomic mass is 10.2. The molecule has 3 N–H and O–H groups in total. The van der Waals surface area contributed by atoms with Crippen molar-refractivity contribution in [2.45, 2.75) is 38.8 Å². The molecule has 1 unspecified atom stereocenters. The van der Waals surface area contributed by atoms with E-state index in [0.717, 1.165) is 13.0 Å². The molecule has 0 rings (SSSR count). The van der Waals surface area contributed by atoms with Crippen molar-refractivity contribution in [3.63, 3.8) is 0 Å². The van der Waals surface area contributed by atoms with Gasteiger partial charge in [-0.3, -0.25) is 0 Å². The number of aliphatic carboxylic acids is 1. The van der Waals surface area contributed by atoms with Gasteiger partial charge in [-0.2, -0.15) is 11.8 Å². The average Bonchev–Trinajstić information content (AvgIpc) is 2.38. The lowest BCUT2D eigenvalue weighted by Crippen LogP contribution is -2.46. The Kier molecular flexibility index (Phi) is 10.3. The summed E-state index contributed by atoms with van der Waals surface area (Å²) in [6, 6.07) is -0.752. The van der Waals surface area contributed by atoms with Crippen LogP contribution in [0.3, 0.4) is 0 Å². The first-order chi connectivity index (χ1) is 9.38.